The minimum atomic E-state index is -0.0226. The van der Waals surface area contributed by atoms with Gasteiger partial charge < -0.3 is 10.6 Å². The number of aryl methyl sites for hydroxylation is 1. The third-order valence-electron chi connectivity index (χ3n) is 3.35. The molecule has 1 atom stereocenters. The zero-order valence-electron chi connectivity index (χ0n) is 11.4. The van der Waals surface area contributed by atoms with Gasteiger partial charge >= 0.3 is 0 Å². The predicted octanol–water partition coefficient (Wildman–Crippen LogP) is 1.03. The van der Waals surface area contributed by atoms with Crippen LogP contribution in [0.1, 0.15) is 48.8 Å². The van der Waals surface area contributed by atoms with Crippen molar-refractivity contribution >= 4 is 5.91 Å². The molecular weight excluding hydrogens is 228 g/mol. The maximum atomic E-state index is 12.2. The summed E-state index contributed by atoms with van der Waals surface area (Å²) in [6.45, 7) is 6.07. The molecular formula is C13H22N4O. The number of amides is 1. The second-order valence-electron chi connectivity index (χ2n) is 5.25. The molecule has 0 spiro atoms. The Labute approximate surface area is 108 Å². The van der Waals surface area contributed by atoms with E-state index in [-0.39, 0.29) is 11.9 Å². The van der Waals surface area contributed by atoms with Crippen molar-refractivity contribution in [3.63, 3.8) is 0 Å². The fraction of sp³-hybridized carbons (Fsp3) is 0.692. The SMILES string of the molecule is CC(C)c1cc(C(=O)N[C@H]2CCCNC2)n(C)n1. The highest BCUT2D eigenvalue weighted by Gasteiger charge is 2.19. The van der Waals surface area contributed by atoms with E-state index in [1.807, 2.05) is 13.1 Å². The lowest BCUT2D eigenvalue weighted by molar-refractivity contribution is 0.0921. The summed E-state index contributed by atoms with van der Waals surface area (Å²) >= 11 is 0. The Hall–Kier alpha value is -1.36. The van der Waals surface area contributed by atoms with E-state index in [4.69, 9.17) is 0 Å². The zero-order chi connectivity index (χ0) is 13.1. The lowest BCUT2D eigenvalue weighted by Gasteiger charge is -2.23. The molecule has 1 aromatic heterocycles. The Kier molecular flexibility index (Phi) is 4.01. The molecule has 100 valence electrons. The molecule has 0 aromatic carbocycles. The number of nitrogens with one attached hydrogen (secondary N) is 2. The van der Waals surface area contributed by atoms with E-state index in [0.717, 1.165) is 31.6 Å². The van der Waals surface area contributed by atoms with Gasteiger partial charge in [0, 0.05) is 19.6 Å². The quantitative estimate of drug-likeness (QED) is 0.842. The summed E-state index contributed by atoms with van der Waals surface area (Å²) < 4.78 is 1.67. The van der Waals surface area contributed by atoms with Gasteiger partial charge in [-0.05, 0) is 31.4 Å². The number of rotatable bonds is 3. The highest BCUT2D eigenvalue weighted by Crippen LogP contribution is 2.14. The summed E-state index contributed by atoms with van der Waals surface area (Å²) in [7, 11) is 1.82. The van der Waals surface area contributed by atoms with Crippen LogP contribution in [0.2, 0.25) is 0 Å². The van der Waals surface area contributed by atoms with Crippen LogP contribution in [0, 0.1) is 0 Å². The highest BCUT2D eigenvalue weighted by molar-refractivity contribution is 5.92. The first kappa shape index (κ1) is 13.1. The van der Waals surface area contributed by atoms with Gasteiger partial charge in [0.15, 0.2) is 0 Å². The molecule has 1 aliphatic heterocycles. The molecule has 1 fully saturated rings. The maximum Gasteiger partial charge on any atom is 0.269 e. The summed E-state index contributed by atoms with van der Waals surface area (Å²) in [6, 6.07) is 2.12. The van der Waals surface area contributed by atoms with Gasteiger partial charge in [0.05, 0.1) is 5.69 Å². The van der Waals surface area contributed by atoms with Crippen LogP contribution in [-0.2, 0) is 7.05 Å². The average molecular weight is 250 g/mol. The summed E-state index contributed by atoms with van der Waals surface area (Å²) in [6.07, 6.45) is 2.17. The Balaban J connectivity index is 2.03. The molecule has 0 radical (unpaired) electrons. The summed E-state index contributed by atoms with van der Waals surface area (Å²) in [4.78, 5) is 12.2. The van der Waals surface area contributed by atoms with Crippen LogP contribution in [0.4, 0.5) is 0 Å². The second kappa shape index (κ2) is 5.52. The van der Waals surface area contributed by atoms with Crippen molar-refractivity contribution in [2.45, 2.75) is 38.6 Å². The number of piperidine rings is 1. The minimum absolute atomic E-state index is 0.0226. The van der Waals surface area contributed by atoms with E-state index in [9.17, 15) is 4.79 Å². The molecule has 5 heteroatoms. The lowest BCUT2D eigenvalue weighted by Crippen LogP contribution is -2.46. The monoisotopic (exact) mass is 250 g/mol. The molecule has 1 saturated heterocycles. The zero-order valence-corrected chi connectivity index (χ0v) is 11.4. The van der Waals surface area contributed by atoms with Crippen molar-refractivity contribution in [2.24, 2.45) is 7.05 Å². The molecule has 0 unspecified atom stereocenters. The molecule has 2 heterocycles. The van der Waals surface area contributed by atoms with Crippen molar-refractivity contribution in [1.29, 1.82) is 0 Å². The van der Waals surface area contributed by atoms with Crippen molar-refractivity contribution in [3.8, 4) is 0 Å². The molecule has 2 N–H and O–H groups in total. The predicted molar refractivity (Wildman–Crippen MR) is 70.7 cm³/mol. The summed E-state index contributed by atoms with van der Waals surface area (Å²) in [5.41, 5.74) is 1.61. The van der Waals surface area contributed by atoms with E-state index in [1.54, 1.807) is 4.68 Å². The van der Waals surface area contributed by atoms with Crippen LogP contribution in [0.25, 0.3) is 0 Å². The van der Waals surface area contributed by atoms with Crippen LogP contribution in [-0.4, -0.2) is 34.8 Å². The topological polar surface area (TPSA) is 59.0 Å². The third kappa shape index (κ3) is 2.90. The fourth-order valence-electron chi connectivity index (χ4n) is 2.22. The van der Waals surface area contributed by atoms with Gasteiger partial charge in [0.25, 0.3) is 5.91 Å². The molecule has 0 bridgehead atoms. The first-order valence-corrected chi connectivity index (χ1v) is 6.63. The van der Waals surface area contributed by atoms with Gasteiger partial charge in [-0.2, -0.15) is 5.10 Å². The molecule has 1 amide bonds. The summed E-state index contributed by atoms with van der Waals surface area (Å²) in [5.74, 6) is 0.319. The van der Waals surface area contributed by atoms with Crippen molar-refractivity contribution in [3.05, 3.63) is 17.5 Å². The van der Waals surface area contributed by atoms with Gasteiger partial charge in [-0.15, -0.1) is 0 Å². The van der Waals surface area contributed by atoms with Gasteiger partial charge in [-0.25, -0.2) is 0 Å². The van der Waals surface area contributed by atoms with Gasteiger partial charge in [-0.1, -0.05) is 13.8 Å². The average Bonchev–Trinajstić information content (AvgIpc) is 2.73. The van der Waals surface area contributed by atoms with Gasteiger partial charge in [0.1, 0.15) is 5.69 Å². The number of carbonyl (C=O) groups excluding carboxylic acids is 1. The fourth-order valence-corrected chi connectivity index (χ4v) is 2.22. The van der Waals surface area contributed by atoms with Crippen LogP contribution in [0.3, 0.4) is 0 Å². The Bertz CT molecular complexity index is 419. The van der Waals surface area contributed by atoms with E-state index in [2.05, 4.69) is 29.6 Å². The molecule has 18 heavy (non-hydrogen) atoms. The van der Waals surface area contributed by atoms with Gasteiger partial charge in [-0.3, -0.25) is 9.48 Å². The Morgan fingerprint density at radius 1 is 1.61 bits per heavy atom. The normalized spacial score (nSPS) is 20.1. The molecule has 1 aliphatic rings. The van der Waals surface area contributed by atoms with E-state index < -0.39 is 0 Å². The van der Waals surface area contributed by atoms with Crippen LogP contribution in [0.5, 0.6) is 0 Å². The van der Waals surface area contributed by atoms with Crippen LogP contribution >= 0.6 is 0 Å². The van der Waals surface area contributed by atoms with Crippen molar-refractivity contribution in [1.82, 2.24) is 20.4 Å². The number of nitrogens with zero attached hydrogens (tertiary/aromatic N) is 2. The van der Waals surface area contributed by atoms with E-state index in [1.165, 1.54) is 0 Å². The smallest absolute Gasteiger partial charge is 0.269 e. The van der Waals surface area contributed by atoms with Crippen molar-refractivity contribution < 1.29 is 4.79 Å². The highest BCUT2D eigenvalue weighted by atomic mass is 16.2. The number of carbonyl (C=O) groups is 1. The first-order valence-electron chi connectivity index (χ1n) is 6.63. The standard InChI is InChI=1S/C13H22N4O/c1-9(2)11-7-12(17(3)16-11)13(18)15-10-5-4-6-14-8-10/h7,9-10,14H,4-6,8H2,1-3H3,(H,15,18)/t10-/m0/s1. The second-order valence-corrected chi connectivity index (χ2v) is 5.25. The van der Waals surface area contributed by atoms with Gasteiger partial charge in [0.2, 0.25) is 0 Å². The number of hydrogen-bond acceptors (Lipinski definition) is 3. The lowest BCUT2D eigenvalue weighted by atomic mass is 10.1. The molecule has 2 rings (SSSR count). The van der Waals surface area contributed by atoms with Crippen LogP contribution in [0.15, 0.2) is 6.07 Å². The largest absolute Gasteiger partial charge is 0.347 e. The molecule has 5 nitrogen and oxygen atoms in total. The molecule has 0 aliphatic carbocycles. The van der Waals surface area contributed by atoms with E-state index >= 15 is 0 Å². The van der Waals surface area contributed by atoms with Crippen LogP contribution < -0.4 is 10.6 Å². The number of hydrogen-bond donors (Lipinski definition) is 2. The molecule has 1 aromatic rings. The minimum Gasteiger partial charge on any atom is -0.347 e. The molecule has 0 saturated carbocycles. The Morgan fingerprint density at radius 2 is 2.39 bits per heavy atom. The third-order valence-corrected chi connectivity index (χ3v) is 3.35. The first-order chi connectivity index (χ1) is 8.58. The van der Waals surface area contributed by atoms with Crippen molar-refractivity contribution in [2.75, 3.05) is 13.1 Å². The van der Waals surface area contributed by atoms with E-state index in [0.29, 0.717) is 11.6 Å². The number of aromatic nitrogens is 2. The maximum absolute atomic E-state index is 12.2. The summed E-state index contributed by atoms with van der Waals surface area (Å²) in [5, 5.41) is 10.7. The Morgan fingerprint density at radius 3 is 2.94 bits per heavy atom.